The van der Waals surface area contributed by atoms with Crippen LogP contribution >= 0.6 is 0 Å². The number of ether oxygens (including phenoxy) is 4. The summed E-state index contributed by atoms with van der Waals surface area (Å²) in [5.41, 5.74) is -0.303. The molecule has 0 aliphatic heterocycles. The average Bonchev–Trinajstić information content (AvgIpc) is 2.52. The lowest BCUT2D eigenvalue weighted by Crippen LogP contribution is -2.31. The first-order valence-corrected chi connectivity index (χ1v) is 17.0. The van der Waals surface area contributed by atoms with E-state index in [-0.39, 0.29) is 41.4 Å². The minimum atomic E-state index is -0.0917. The molecule has 0 saturated heterocycles. The van der Waals surface area contributed by atoms with Crippen LogP contribution < -0.4 is 0 Å². The van der Waals surface area contributed by atoms with Gasteiger partial charge in [0.2, 0.25) is 0 Å². The van der Waals surface area contributed by atoms with Gasteiger partial charge in [0.15, 0.2) is 0 Å². The summed E-state index contributed by atoms with van der Waals surface area (Å²) in [4.78, 5) is 0. The summed E-state index contributed by atoms with van der Waals surface area (Å²) in [6, 6.07) is 5.41. The molecule has 0 aromatic heterocycles. The van der Waals surface area contributed by atoms with Gasteiger partial charge in [0.25, 0.3) is 0 Å². The standard InChI is InChI=1S/C26H58O4Si2/c1-23(2,3)27-15-13-21(29-25(7,8)9)19-31-17-18-32-20-22(30-26(10,11)12)14-16-28-24(4,5)6/h21-22H,13-20,31-32H2,1-12H3. The maximum absolute atomic E-state index is 6.36. The monoisotopic (exact) mass is 490 g/mol. The smallest absolute Gasteiger partial charge is 0.0602 e. The second-order valence-electron chi connectivity index (χ2n) is 13.2. The van der Waals surface area contributed by atoms with Crippen molar-refractivity contribution in [3.05, 3.63) is 0 Å². The topological polar surface area (TPSA) is 36.9 Å². The van der Waals surface area contributed by atoms with Crippen LogP contribution in [0.3, 0.4) is 0 Å². The summed E-state index contributed by atoms with van der Waals surface area (Å²) in [7, 11) is -0.183. The van der Waals surface area contributed by atoms with E-state index in [1.54, 1.807) is 0 Å². The highest BCUT2D eigenvalue weighted by atomic mass is 28.2. The van der Waals surface area contributed by atoms with Crippen LogP contribution in [0.2, 0.25) is 24.2 Å². The zero-order valence-electron chi connectivity index (χ0n) is 23.9. The molecule has 0 bridgehead atoms. The Morgan fingerprint density at radius 3 is 1.06 bits per heavy atom. The molecule has 0 aromatic carbocycles. The Morgan fingerprint density at radius 2 is 0.812 bits per heavy atom. The molecule has 2 unspecified atom stereocenters. The first-order chi connectivity index (χ1) is 14.4. The van der Waals surface area contributed by atoms with Gasteiger partial charge in [-0.05, 0) is 108 Å². The fourth-order valence-corrected chi connectivity index (χ4v) is 8.74. The van der Waals surface area contributed by atoms with Crippen LogP contribution in [0.15, 0.2) is 0 Å². The lowest BCUT2D eigenvalue weighted by Gasteiger charge is -2.29. The van der Waals surface area contributed by atoms with Crippen molar-refractivity contribution in [3.63, 3.8) is 0 Å². The minimum Gasteiger partial charge on any atom is -0.376 e. The molecule has 0 spiro atoms. The molecule has 0 rings (SSSR count). The Hall–Kier alpha value is 0.274. The van der Waals surface area contributed by atoms with Crippen molar-refractivity contribution in [2.24, 2.45) is 0 Å². The van der Waals surface area contributed by atoms with Gasteiger partial charge in [0.1, 0.15) is 0 Å². The van der Waals surface area contributed by atoms with Crippen LogP contribution in [-0.2, 0) is 18.9 Å². The molecule has 6 heteroatoms. The van der Waals surface area contributed by atoms with Crippen LogP contribution in [0, 0.1) is 0 Å². The van der Waals surface area contributed by atoms with Crippen LogP contribution in [0.5, 0.6) is 0 Å². The summed E-state index contributed by atoms with van der Waals surface area (Å²) in [6.07, 6.45) is 2.71. The molecule has 0 heterocycles. The second kappa shape index (κ2) is 14.6. The van der Waals surface area contributed by atoms with E-state index >= 15 is 0 Å². The Labute approximate surface area is 205 Å². The SMILES string of the molecule is CC(C)(C)OCCC(C[SiH2]CC[SiH2]CC(CCOC(C)(C)C)OC(C)(C)C)OC(C)(C)C. The molecular weight excluding hydrogens is 432 g/mol. The number of hydrogen-bond donors (Lipinski definition) is 0. The van der Waals surface area contributed by atoms with Crippen LogP contribution in [0.1, 0.15) is 95.9 Å². The Morgan fingerprint density at radius 1 is 0.500 bits per heavy atom. The summed E-state index contributed by atoms with van der Waals surface area (Å²) >= 11 is 0. The Kier molecular flexibility index (Phi) is 14.7. The van der Waals surface area contributed by atoms with Gasteiger partial charge >= 0.3 is 0 Å². The molecule has 0 saturated carbocycles. The van der Waals surface area contributed by atoms with Crippen molar-refractivity contribution in [3.8, 4) is 0 Å². The molecule has 0 radical (unpaired) electrons. The predicted molar refractivity (Wildman–Crippen MR) is 146 cm³/mol. The Balaban J connectivity index is 4.34. The highest BCUT2D eigenvalue weighted by Gasteiger charge is 2.21. The molecule has 4 nitrogen and oxygen atoms in total. The predicted octanol–water partition coefficient (Wildman–Crippen LogP) is 5.78. The molecule has 32 heavy (non-hydrogen) atoms. The maximum Gasteiger partial charge on any atom is 0.0602 e. The first-order valence-electron chi connectivity index (χ1n) is 13.0. The summed E-state index contributed by atoms with van der Waals surface area (Å²) in [6.45, 7) is 27.3. The number of hydrogen-bond acceptors (Lipinski definition) is 4. The lowest BCUT2D eigenvalue weighted by molar-refractivity contribution is -0.0769. The zero-order chi connectivity index (χ0) is 25.1. The van der Waals surface area contributed by atoms with Gasteiger partial charge < -0.3 is 18.9 Å². The van der Waals surface area contributed by atoms with Crippen molar-refractivity contribution >= 4 is 19.0 Å². The third-order valence-corrected chi connectivity index (χ3v) is 9.90. The third kappa shape index (κ3) is 23.4. The van der Waals surface area contributed by atoms with Crippen LogP contribution in [0.4, 0.5) is 0 Å². The van der Waals surface area contributed by atoms with Gasteiger partial charge in [-0.1, -0.05) is 12.1 Å². The van der Waals surface area contributed by atoms with Crippen molar-refractivity contribution in [1.82, 2.24) is 0 Å². The highest BCUT2D eigenvalue weighted by molar-refractivity contribution is 6.42. The molecule has 0 aliphatic carbocycles. The largest absolute Gasteiger partial charge is 0.376 e. The van der Waals surface area contributed by atoms with Crippen molar-refractivity contribution in [1.29, 1.82) is 0 Å². The van der Waals surface area contributed by atoms with Crippen molar-refractivity contribution < 1.29 is 18.9 Å². The molecule has 0 aromatic rings. The van der Waals surface area contributed by atoms with E-state index in [1.807, 2.05) is 0 Å². The highest BCUT2D eigenvalue weighted by Crippen LogP contribution is 2.20. The van der Waals surface area contributed by atoms with E-state index in [0.29, 0.717) is 12.2 Å². The fourth-order valence-electron chi connectivity index (χ4n) is 3.62. The molecule has 0 aliphatic rings. The van der Waals surface area contributed by atoms with Gasteiger partial charge in [-0.15, -0.1) is 0 Å². The second-order valence-corrected chi connectivity index (χ2v) is 17.2. The van der Waals surface area contributed by atoms with E-state index in [9.17, 15) is 0 Å². The van der Waals surface area contributed by atoms with Gasteiger partial charge in [0, 0.05) is 32.3 Å². The minimum absolute atomic E-state index is 0.0705. The number of rotatable bonds is 15. The third-order valence-electron chi connectivity index (χ3n) is 4.79. The van der Waals surface area contributed by atoms with Crippen LogP contribution in [0.25, 0.3) is 0 Å². The van der Waals surface area contributed by atoms with E-state index in [0.717, 1.165) is 26.1 Å². The van der Waals surface area contributed by atoms with Crippen LogP contribution in [-0.4, -0.2) is 66.9 Å². The summed E-state index contributed by atoms with van der Waals surface area (Å²) < 4.78 is 24.6. The van der Waals surface area contributed by atoms with E-state index in [1.165, 1.54) is 24.2 Å². The van der Waals surface area contributed by atoms with Crippen molar-refractivity contribution in [2.75, 3.05) is 13.2 Å². The summed E-state index contributed by atoms with van der Waals surface area (Å²) in [5, 5.41) is 0. The summed E-state index contributed by atoms with van der Waals surface area (Å²) in [5.74, 6) is 0. The first kappa shape index (κ1) is 32.3. The van der Waals surface area contributed by atoms with Gasteiger partial charge in [0.05, 0.1) is 34.6 Å². The quantitative estimate of drug-likeness (QED) is 0.215. The average molecular weight is 491 g/mol. The normalized spacial score (nSPS) is 16.5. The Bertz CT molecular complexity index is 426. The molecule has 2 atom stereocenters. The van der Waals surface area contributed by atoms with Crippen molar-refractivity contribution in [2.45, 2.75) is 155 Å². The van der Waals surface area contributed by atoms with E-state index in [2.05, 4.69) is 83.1 Å². The lowest BCUT2D eigenvalue weighted by atomic mass is 10.1. The van der Waals surface area contributed by atoms with Gasteiger partial charge in [-0.25, -0.2) is 0 Å². The molecule has 0 fully saturated rings. The zero-order valence-corrected chi connectivity index (χ0v) is 26.7. The van der Waals surface area contributed by atoms with Gasteiger partial charge in [-0.2, -0.15) is 0 Å². The fraction of sp³-hybridized carbons (Fsp3) is 1.00. The molecule has 0 N–H and O–H groups in total. The maximum atomic E-state index is 6.36. The molecule has 0 amide bonds. The van der Waals surface area contributed by atoms with E-state index in [4.69, 9.17) is 18.9 Å². The van der Waals surface area contributed by atoms with E-state index < -0.39 is 0 Å². The molecule has 194 valence electrons. The molecular formula is C26H58O4Si2. The van der Waals surface area contributed by atoms with Gasteiger partial charge in [-0.3, -0.25) is 0 Å².